The number of anilines is 1. The van der Waals surface area contributed by atoms with Crippen LogP contribution in [0.3, 0.4) is 0 Å². The average Bonchev–Trinajstić information content (AvgIpc) is 2.67. The van der Waals surface area contributed by atoms with E-state index in [-0.39, 0.29) is 6.04 Å². The minimum Gasteiger partial charge on any atom is -0.341 e. The van der Waals surface area contributed by atoms with Gasteiger partial charge in [-0.1, -0.05) is 48.9 Å². The molecule has 136 valence electrons. The van der Waals surface area contributed by atoms with Gasteiger partial charge < -0.3 is 10.6 Å². The Balaban J connectivity index is 1.68. The molecule has 0 aromatic heterocycles. The third kappa shape index (κ3) is 4.25. The second kappa shape index (κ2) is 8.37. The molecule has 2 N–H and O–H groups in total. The number of hydrogen-bond donors (Lipinski definition) is 2. The number of para-hydroxylation sites is 1. The maximum atomic E-state index is 12.3. The molecule has 0 saturated heterocycles. The lowest BCUT2D eigenvalue weighted by atomic mass is 9.89. The van der Waals surface area contributed by atoms with Crippen LogP contribution in [0.2, 0.25) is 5.02 Å². The first-order valence-corrected chi connectivity index (χ1v) is 9.44. The summed E-state index contributed by atoms with van der Waals surface area (Å²) in [6, 6.07) is 13.0. The zero-order valence-corrected chi connectivity index (χ0v) is 15.6. The van der Waals surface area contributed by atoms with Crippen molar-refractivity contribution < 1.29 is 9.59 Å². The van der Waals surface area contributed by atoms with Crippen LogP contribution in [0.1, 0.15) is 48.9 Å². The Morgan fingerprint density at radius 2 is 1.77 bits per heavy atom. The van der Waals surface area contributed by atoms with Gasteiger partial charge in [0.1, 0.15) is 0 Å². The van der Waals surface area contributed by atoms with Crippen molar-refractivity contribution in [3.05, 3.63) is 64.2 Å². The van der Waals surface area contributed by atoms with Crippen molar-refractivity contribution in [2.75, 3.05) is 5.32 Å². The number of rotatable bonds is 4. The van der Waals surface area contributed by atoms with E-state index in [1.807, 2.05) is 6.92 Å². The van der Waals surface area contributed by atoms with Gasteiger partial charge in [0, 0.05) is 0 Å². The van der Waals surface area contributed by atoms with Crippen molar-refractivity contribution in [1.29, 1.82) is 0 Å². The van der Waals surface area contributed by atoms with Crippen LogP contribution in [0.5, 0.6) is 0 Å². The van der Waals surface area contributed by atoms with Crippen LogP contribution in [0, 0.1) is 0 Å². The number of carbonyl (C=O) groups excluding carboxylic acids is 2. The fraction of sp³-hybridized carbons (Fsp3) is 0.333. The SMILES string of the molecule is CCC(NC(=O)C(=O)Nc1ccccc1Cl)c1ccc2c(c1)CCCC2. The molecular formula is C21H23ClN2O2. The normalized spacial score (nSPS) is 14.2. The maximum Gasteiger partial charge on any atom is 0.313 e. The first-order chi connectivity index (χ1) is 12.6. The number of carbonyl (C=O) groups is 2. The highest BCUT2D eigenvalue weighted by Crippen LogP contribution is 2.26. The average molecular weight is 371 g/mol. The van der Waals surface area contributed by atoms with E-state index in [0.29, 0.717) is 17.1 Å². The van der Waals surface area contributed by atoms with E-state index in [0.717, 1.165) is 18.4 Å². The van der Waals surface area contributed by atoms with Gasteiger partial charge >= 0.3 is 11.8 Å². The number of aryl methyl sites for hydroxylation is 2. The van der Waals surface area contributed by atoms with Gasteiger partial charge in [-0.3, -0.25) is 9.59 Å². The number of nitrogens with one attached hydrogen (secondary N) is 2. The summed E-state index contributed by atoms with van der Waals surface area (Å²) in [5, 5.41) is 5.79. The third-order valence-corrected chi connectivity index (χ3v) is 5.15. The highest BCUT2D eigenvalue weighted by atomic mass is 35.5. The van der Waals surface area contributed by atoms with E-state index in [1.165, 1.54) is 24.0 Å². The first kappa shape index (κ1) is 18.5. The molecule has 4 nitrogen and oxygen atoms in total. The zero-order chi connectivity index (χ0) is 18.5. The number of halogens is 1. The number of hydrogen-bond acceptors (Lipinski definition) is 2. The zero-order valence-electron chi connectivity index (χ0n) is 14.8. The number of benzene rings is 2. The van der Waals surface area contributed by atoms with E-state index >= 15 is 0 Å². The van der Waals surface area contributed by atoms with Crippen molar-refractivity contribution in [3.8, 4) is 0 Å². The Labute approximate surface area is 158 Å². The molecule has 3 rings (SSSR count). The van der Waals surface area contributed by atoms with Gasteiger partial charge in [0.05, 0.1) is 16.8 Å². The molecule has 1 aliphatic carbocycles. The topological polar surface area (TPSA) is 58.2 Å². The summed E-state index contributed by atoms with van der Waals surface area (Å²) < 4.78 is 0. The molecule has 0 radical (unpaired) electrons. The van der Waals surface area contributed by atoms with Crippen molar-refractivity contribution in [3.63, 3.8) is 0 Å². The van der Waals surface area contributed by atoms with Crippen molar-refractivity contribution in [1.82, 2.24) is 5.32 Å². The van der Waals surface area contributed by atoms with Crippen LogP contribution in [0.4, 0.5) is 5.69 Å². The first-order valence-electron chi connectivity index (χ1n) is 9.06. The minimum absolute atomic E-state index is 0.188. The lowest BCUT2D eigenvalue weighted by Gasteiger charge is -2.21. The molecule has 5 heteroatoms. The number of fused-ring (bicyclic) bond motifs is 1. The Hall–Kier alpha value is -2.33. The summed E-state index contributed by atoms with van der Waals surface area (Å²) in [7, 11) is 0. The molecule has 1 aliphatic rings. The summed E-state index contributed by atoms with van der Waals surface area (Å²) in [6.07, 6.45) is 5.37. The Kier molecular flexibility index (Phi) is 5.94. The van der Waals surface area contributed by atoms with Crippen molar-refractivity contribution in [2.45, 2.75) is 45.1 Å². The van der Waals surface area contributed by atoms with Crippen molar-refractivity contribution in [2.24, 2.45) is 0 Å². The molecule has 0 saturated carbocycles. The van der Waals surface area contributed by atoms with Gasteiger partial charge in [-0.25, -0.2) is 0 Å². The van der Waals surface area contributed by atoms with E-state index in [2.05, 4.69) is 28.8 Å². The van der Waals surface area contributed by atoms with E-state index < -0.39 is 11.8 Å². The van der Waals surface area contributed by atoms with Gasteiger partial charge in [0.25, 0.3) is 0 Å². The lowest BCUT2D eigenvalue weighted by Crippen LogP contribution is -2.37. The number of amides is 2. The molecule has 0 spiro atoms. The Morgan fingerprint density at radius 1 is 1.04 bits per heavy atom. The molecular weight excluding hydrogens is 348 g/mol. The second-order valence-electron chi connectivity index (χ2n) is 6.60. The molecule has 2 aromatic rings. The van der Waals surface area contributed by atoms with Gasteiger partial charge in [-0.15, -0.1) is 0 Å². The molecule has 0 bridgehead atoms. The highest BCUT2D eigenvalue weighted by Gasteiger charge is 2.20. The summed E-state index contributed by atoms with van der Waals surface area (Å²) in [5.74, 6) is -1.37. The molecule has 0 fully saturated rings. The summed E-state index contributed by atoms with van der Waals surface area (Å²) in [4.78, 5) is 24.5. The molecule has 1 unspecified atom stereocenters. The van der Waals surface area contributed by atoms with Crippen LogP contribution < -0.4 is 10.6 Å². The predicted molar refractivity (Wildman–Crippen MR) is 104 cm³/mol. The molecule has 2 aromatic carbocycles. The predicted octanol–water partition coefficient (Wildman–Crippen LogP) is 4.42. The summed E-state index contributed by atoms with van der Waals surface area (Å²) in [5.41, 5.74) is 4.24. The van der Waals surface area contributed by atoms with Crippen LogP contribution in [-0.2, 0) is 22.4 Å². The van der Waals surface area contributed by atoms with Crippen LogP contribution in [0.15, 0.2) is 42.5 Å². The van der Waals surface area contributed by atoms with Crippen LogP contribution in [-0.4, -0.2) is 11.8 Å². The minimum atomic E-state index is -0.713. The van der Waals surface area contributed by atoms with Crippen LogP contribution >= 0.6 is 11.6 Å². The smallest absolute Gasteiger partial charge is 0.313 e. The van der Waals surface area contributed by atoms with Crippen molar-refractivity contribution >= 4 is 29.1 Å². The van der Waals surface area contributed by atoms with Crippen LogP contribution in [0.25, 0.3) is 0 Å². The highest BCUT2D eigenvalue weighted by molar-refractivity contribution is 6.41. The summed E-state index contributed by atoms with van der Waals surface area (Å²) >= 11 is 6.02. The fourth-order valence-electron chi connectivity index (χ4n) is 3.36. The second-order valence-corrected chi connectivity index (χ2v) is 7.01. The Morgan fingerprint density at radius 3 is 2.50 bits per heavy atom. The molecule has 0 aliphatic heterocycles. The largest absolute Gasteiger partial charge is 0.341 e. The van der Waals surface area contributed by atoms with E-state index in [4.69, 9.17) is 11.6 Å². The van der Waals surface area contributed by atoms with Gasteiger partial charge in [-0.2, -0.15) is 0 Å². The van der Waals surface area contributed by atoms with Gasteiger partial charge in [-0.05, 0) is 60.9 Å². The lowest BCUT2D eigenvalue weighted by molar-refractivity contribution is -0.136. The fourth-order valence-corrected chi connectivity index (χ4v) is 3.54. The van der Waals surface area contributed by atoms with E-state index in [1.54, 1.807) is 24.3 Å². The Bertz CT molecular complexity index is 819. The standard InChI is InChI=1S/C21H23ClN2O2/c1-2-18(16-12-11-14-7-3-4-8-15(14)13-16)23-20(25)21(26)24-19-10-6-5-9-17(19)22/h5-6,9-13,18H,2-4,7-8H2,1H3,(H,23,25)(H,24,26). The monoisotopic (exact) mass is 370 g/mol. The quantitative estimate of drug-likeness (QED) is 0.782. The van der Waals surface area contributed by atoms with E-state index in [9.17, 15) is 9.59 Å². The molecule has 26 heavy (non-hydrogen) atoms. The summed E-state index contributed by atoms with van der Waals surface area (Å²) in [6.45, 7) is 2.00. The van der Waals surface area contributed by atoms with Gasteiger partial charge in [0.15, 0.2) is 0 Å². The molecule has 2 amide bonds. The van der Waals surface area contributed by atoms with Gasteiger partial charge in [0.2, 0.25) is 0 Å². The maximum absolute atomic E-state index is 12.3. The molecule has 1 atom stereocenters. The third-order valence-electron chi connectivity index (χ3n) is 4.82. The molecule has 0 heterocycles.